The van der Waals surface area contributed by atoms with Crippen LogP contribution in [0.4, 0.5) is 0 Å². The fourth-order valence-corrected chi connectivity index (χ4v) is 4.60. The zero-order valence-electron chi connectivity index (χ0n) is 14.3. The molecule has 0 aliphatic rings. The van der Waals surface area contributed by atoms with E-state index in [4.69, 9.17) is 0 Å². The Morgan fingerprint density at radius 1 is 1.19 bits per heavy atom. The van der Waals surface area contributed by atoms with Crippen LogP contribution >= 0.6 is 23.1 Å². The van der Waals surface area contributed by atoms with E-state index in [9.17, 15) is 4.79 Å². The fourth-order valence-electron chi connectivity index (χ4n) is 2.82. The molecule has 4 rings (SSSR count). The van der Waals surface area contributed by atoms with E-state index in [1.165, 1.54) is 18.1 Å². The van der Waals surface area contributed by atoms with Gasteiger partial charge in [0.15, 0.2) is 11.4 Å². The van der Waals surface area contributed by atoms with Crippen LogP contribution < -0.4 is 0 Å². The summed E-state index contributed by atoms with van der Waals surface area (Å²) in [6, 6.07) is 11.8. The van der Waals surface area contributed by atoms with Crippen LogP contribution in [0.1, 0.15) is 20.1 Å². The number of thioether (sulfide) groups is 1. The van der Waals surface area contributed by atoms with E-state index >= 15 is 0 Å². The number of para-hydroxylation sites is 1. The molecule has 0 fully saturated rings. The normalized spacial score (nSPS) is 11.2. The van der Waals surface area contributed by atoms with Gasteiger partial charge in [-0.2, -0.15) is 5.10 Å². The molecule has 0 unspecified atom stereocenters. The Bertz CT molecular complexity index is 1090. The van der Waals surface area contributed by atoms with Gasteiger partial charge in [0, 0.05) is 15.3 Å². The van der Waals surface area contributed by atoms with Gasteiger partial charge >= 0.3 is 0 Å². The second kappa shape index (κ2) is 7.01. The molecule has 3 heterocycles. The number of fused-ring (bicyclic) bond motifs is 1. The third-order valence-electron chi connectivity index (χ3n) is 4.01. The minimum atomic E-state index is 0.124. The van der Waals surface area contributed by atoms with Gasteiger partial charge in [0.05, 0.1) is 23.0 Å². The molecular formula is C19H16N4OS2. The molecule has 0 spiro atoms. The molecule has 7 heteroatoms. The second-order valence-electron chi connectivity index (χ2n) is 5.85. The minimum Gasteiger partial charge on any atom is -0.293 e. The van der Waals surface area contributed by atoms with Crippen molar-refractivity contribution in [1.82, 2.24) is 19.7 Å². The van der Waals surface area contributed by atoms with Crippen LogP contribution in [0, 0.1) is 13.8 Å². The van der Waals surface area contributed by atoms with Gasteiger partial charge < -0.3 is 0 Å². The Labute approximate surface area is 159 Å². The van der Waals surface area contributed by atoms with Gasteiger partial charge in [0.2, 0.25) is 0 Å². The van der Waals surface area contributed by atoms with Crippen LogP contribution in [0.15, 0.2) is 53.9 Å². The van der Waals surface area contributed by atoms with Crippen molar-refractivity contribution >= 4 is 39.9 Å². The third kappa shape index (κ3) is 3.15. The molecule has 0 radical (unpaired) electrons. The highest BCUT2D eigenvalue weighted by Gasteiger charge is 2.16. The first-order valence-corrected chi connectivity index (χ1v) is 9.91. The number of nitrogens with zero attached hydrogens (tertiary/aromatic N) is 4. The highest BCUT2D eigenvalue weighted by atomic mass is 32.2. The van der Waals surface area contributed by atoms with Crippen molar-refractivity contribution in [2.24, 2.45) is 0 Å². The van der Waals surface area contributed by atoms with Crippen molar-refractivity contribution in [3.63, 3.8) is 0 Å². The SMILES string of the molecule is Cc1cc(C(=O)CSc2ncnc3c2cnn3-c2ccccc2)c(C)s1. The molecule has 0 atom stereocenters. The van der Waals surface area contributed by atoms with E-state index in [0.717, 1.165) is 37.1 Å². The molecule has 0 N–H and O–H groups in total. The maximum absolute atomic E-state index is 12.5. The van der Waals surface area contributed by atoms with Crippen molar-refractivity contribution < 1.29 is 4.79 Å². The molecular weight excluding hydrogens is 364 g/mol. The average molecular weight is 380 g/mol. The van der Waals surface area contributed by atoms with E-state index in [1.807, 2.05) is 50.2 Å². The zero-order valence-corrected chi connectivity index (χ0v) is 16.0. The Balaban J connectivity index is 1.61. The summed E-state index contributed by atoms with van der Waals surface area (Å²) in [7, 11) is 0. The predicted molar refractivity (Wildman–Crippen MR) is 106 cm³/mol. The number of ketones is 1. The van der Waals surface area contributed by atoms with Crippen molar-refractivity contribution in [2.75, 3.05) is 5.75 Å². The summed E-state index contributed by atoms with van der Waals surface area (Å²) in [6.45, 7) is 4.01. The molecule has 0 saturated heterocycles. The summed E-state index contributed by atoms with van der Waals surface area (Å²) in [5.74, 6) is 0.471. The molecule has 0 aliphatic carbocycles. The maximum atomic E-state index is 12.5. The van der Waals surface area contributed by atoms with E-state index in [0.29, 0.717) is 5.75 Å². The van der Waals surface area contributed by atoms with Crippen LogP contribution in [-0.4, -0.2) is 31.3 Å². The summed E-state index contributed by atoms with van der Waals surface area (Å²) < 4.78 is 1.79. The van der Waals surface area contributed by atoms with Crippen molar-refractivity contribution in [2.45, 2.75) is 18.9 Å². The van der Waals surface area contributed by atoms with Crippen LogP contribution in [0.25, 0.3) is 16.7 Å². The van der Waals surface area contributed by atoms with Crippen molar-refractivity contribution in [3.8, 4) is 5.69 Å². The molecule has 0 saturated carbocycles. The summed E-state index contributed by atoms with van der Waals surface area (Å²) in [6.07, 6.45) is 3.28. The highest BCUT2D eigenvalue weighted by Crippen LogP contribution is 2.28. The lowest BCUT2D eigenvalue weighted by molar-refractivity contribution is 0.102. The Morgan fingerprint density at radius 2 is 2.00 bits per heavy atom. The van der Waals surface area contributed by atoms with Gasteiger partial charge in [-0.3, -0.25) is 4.79 Å². The highest BCUT2D eigenvalue weighted by molar-refractivity contribution is 8.00. The molecule has 26 heavy (non-hydrogen) atoms. The summed E-state index contributed by atoms with van der Waals surface area (Å²) in [4.78, 5) is 23.5. The van der Waals surface area contributed by atoms with Crippen LogP contribution in [-0.2, 0) is 0 Å². The Kier molecular flexibility index (Phi) is 4.57. The van der Waals surface area contributed by atoms with E-state index < -0.39 is 0 Å². The topological polar surface area (TPSA) is 60.7 Å². The number of hydrogen-bond donors (Lipinski definition) is 0. The van der Waals surface area contributed by atoms with Gasteiger partial charge in [-0.25, -0.2) is 14.6 Å². The molecule has 0 bridgehead atoms. The lowest BCUT2D eigenvalue weighted by Gasteiger charge is -2.04. The van der Waals surface area contributed by atoms with Crippen molar-refractivity contribution in [1.29, 1.82) is 0 Å². The van der Waals surface area contributed by atoms with Gasteiger partial charge in [0.1, 0.15) is 11.4 Å². The standard InChI is InChI=1S/C19H16N4OS2/c1-12-8-15(13(2)26-12)17(24)10-25-19-16-9-22-23(18(16)20-11-21-19)14-6-4-3-5-7-14/h3-9,11H,10H2,1-2H3. The number of carbonyl (C=O) groups is 1. The van der Waals surface area contributed by atoms with Crippen LogP contribution in [0.2, 0.25) is 0 Å². The molecule has 130 valence electrons. The Hall–Kier alpha value is -2.51. The number of carbonyl (C=O) groups excluding carboxylic acids is 1. The predicted octanol–water partition coefficient (Wildman–Crippen LogP) is 4.47. The number of rotatable bonds is 5. The number of hydrogen-bond acceptors (Lipinski definition) is 6. The first-order chi connectivity index (χ1) is 12.6. The summed E-state index contributed by atoms with van der Waals surface area (Å²) in [5.41, 5.74) is 2.49. The van der Waals surface area contributed by atoms with Crippen LogP contribution in [0.5, 0.6) is 0 Å². The molecule has 0 amide bonds. The fraction of sp³-hybridized carbons (Fsp3) is 0.158. The van der Waals surface area contributed by atoms with E-state index in [-0.39, 0.29) is 5.78 Å². The van der Waals surface area contributed by atoms with Gasteiger partial charge in [-0.1, -0.05) is 30.0 Å². The van der Waals surface area contributed by atoms with Gasteiger partial charge in [0.25, 0.3) is 0 Å². The molecule has 1 aromatic carbocycles. The smallest absolute Gasteiger partial charge is 0.174 e. The summed E-state index contributed by atoms with van der Waals surface area (Å²) >= 11 is 3.08. The van der Waals surface area contributed by atoms with Crippen LogP contribution in [0.3, 0.4) is 0 Å². The third-order valence-corrected chi connectivity index (χ3v) is 5.98. The maximum Gasteiger partial charge on any atom is 0.174 e. The number of benzene rings is 1. The number of Topliss-reactive ketones (excluding diaryl/α,β-unsaturated/α-hetero) is 1. The monoisotopic (exact) mass is 380 g/mol. The second-order valence-corrected chi connectivity index (χ2v) is 8.27. The molecule has 4 aromatic rings. The Morgan fingerprint density at radius 3 is 2.73 bits per heavy atom. The molecule has 0 aliphatic heterocycles. The van der Waals surface area contributed by atoms with E-state index in [1.54, 1.807) is 22.2 Å². The van der Waals surface area contributed by atoms with E-state index in [2.05, 4.69) is 15.1 Å². The summed E-state index contributed by atoms with van der Waals surface area (Å²) in [5, 5.41) is 6.07. The number of thiophene rings is 1. The largest absolute Gasteiger partial charge is 0.293 e. The quantitative estimate of drug-likeness (QED) is 0.290. The zero-order chi connectivity index (χ0) is 18.1. The van der Waals surface area contributed by atoms with Gasteiger partial charge in [-0.15, -0.1) is 11.3 Å². The number of aryl methyl sites for hydroxylation is 2. The minimum absolute atomic E-state index is 0.124. The average Bonchev–Trinajstić information content (AvgIpc) is 3.23. The number of aromatic nitrogens is 4. The van der Waals surface area contributed by atoms with Crippen molar-refractivity contribution in [3.05, 3.63) is 64.2 Å². The lowest BCUT2D eigenvalue weighted by atomic mass is 10.2. The molecule has 5 nitrogen and oxygen atoms in total. The van der Waals surface area contributed by atoms with Gasteiger partial charge in [-0.05, 0) is 32.0 Å². The lowest BCUT2D eigenvalue weighted by Crippen LogP contribution is -2.03. The first-order valence-electron chi connectivity index (χ1n) is 8.10. The first kappa shape index (κ1) is 16.9. The molecule has 3 aromatic heterocycles.